The number of hydrogen-bond acceptors (Lipinski definition) is 3. The molecule has 19 heavy (non-hydrogen) atoms. The van der Waals surface area contributed by atoms with Crippen molar-refractivity contribution in [3.05, 3.63) is 24.3 Å². The Hall–Kier alpha value is -1.07. The summed E-state index contributed by atoms with van der Waals surface area (Å²) in [5, 5.41) is 0. The van der Waals surface area contributed by atoms with Gasteiger partial charge < -0.3 is 5.73 Å². The van der Waals surface area contributed by atoms with E-state index >= 15 is 0 Å². The van der Waals surface area contributed by atoms with Crippen molar-refractivity contribution in [2.75, 3.05) is 25.4 Å². The molecule has 0 aliphatic rings. The Morgan fingerprint density at radius 1 is 1.16 bits per heavy atom. The van der Waals surface area contributed by atoms with E-state index in [1.165, 1.54) is 0 Å². The van der Waals surface area contributed by atoms with E-state index in [2.05, 4.69) is 11.3 Å². The summed E-state index contributed by atoms with van der Waals surface area (Å²) in [6.45, 7) is 8.20. The predicted molar refractivity (Wildman–Crippen MR) is 82.4 cm³/mol. The first-order chi connectivity index (χ1) is 9.08. The van der Waals surface area contributed by atoms with E-state index in [4.69, 9.17) is 5.73 Å². The average Bonchev–Trinajstić information content (AvgIpc) is 2.41. The molecule has 0 heterocycles. The van der Waals surface area contributed by atoms with Gasteiger partial charge in [0.15, 0.2) is 0 Å². The van der Waals surface area contributed by atoms with E-state index in [1.54, 1.807) is 12.1 Å². The number of unbranched alkanes of at least 4 members (excludes halogenated alkanes) is 1. The van der Waals surface area contributed by atoms with Gasteiger partial charge in [-0.2, -0.15) is 0 Å². The molecule has 1 unspecified atom stereocenters. The monoisotopic (exact) mass is 283 g/mol. The molecule has 0 spiro atoms. The van der Waals surface area contributed by atoms with Crippen molar-refractivity contribution in [2.45, 2.75) is 38.5 Å². The molecule has 1 rings (SSSR count). The van der Waals surface area contributed by atoms with Crippen LogP contribution in [0.3, 0.4) is 0 Å². The van der Waals surface area contributed by atoms with Gasteiger partial charge in [-0.1, -0.05) is 27.2 Å². The molecular formula is C14H25N3OS. The maximum absolute atomic E-state index is 13.3. The highest BCUT2D eigenvalue weighted by molar-refractivity contribution is 7.91. The van der Waals surface area contributed by atoms with E-state index in [1.807, 2.05) is 30.3 Å². The van der Waals surface area contributed by atoms with Crippen LogP contribution in [0, 0.1) is 0 Å². The van der Waals surface area contributed by atoms with Crippen molar-refractivity contribution in [2.24, 2.45) is 4.36 Å². The maximum Gasteiger partial charge on any atom is 0.139 e. The first-order valence-electron chi connectivity index (χ1n) is 6.92. The summed E-state index contributed by atoms with van der Waals surface area (Å²) in [5.74, 6) is 0. The van der Waals surface area contributed by atoms with Gasteiger partial charge in [-0.05, 0) is 30.7 Å². The molecule has 1 aromatic carbocycles. The molecule has 0 saturated carbocycles. The zero-order valence-corrected chi connectivity index (χ0v) is 12.9. The molecule has 0 fully saturated rings. The summed E-state index contributed by atoms with van der Waals surface area (Å²) in [5.41, 5.74) is 6.37. The number of anilines is 1. The summed E-state index contributed by atoms with van der Waals surface area (Å²) in [6, 6.07) is 7.22. The number of nitrogen functional groups attached to an aromatic ring is 1. The van der Waals surface area contributed by atoms with Crippen LogP contribution >= 0.6 is 0 Å². The molecule has 0 bridgehead atoms. The number of rotatable bonds is 7. The van der Waals surface area contributed by atoms with E-state index in [-0.39, 0.29) is 0 Å². The van der Waals surface area contributed by atoms with Crippen LogP contribution in [0.4, 0.5) is 5.69 Å². The molecule has 0 aromatic heterocycles. The molecule has 1 atom stereocenters. The molecule has 5 heteroatoms. The fourth-order valence-electron chi connectivity index (χ4n) is 1.87. The Morgan fingerprint density at radius 3 is 2.21 bits per heavy atom. The van der Waals surface area contributed by atoms with Crippen molar-refractivity contribution in [1.82, 2.24) is 4.31 Å². The lowest BCUT2D eigenvalue weighted by molar-refractivity contribution is 0.480. The minimum Gasteiger partial charge on any atom is -0.399 e. The summed E-state index contributed by atoms with van der Waals surface area (Å²) in [4.78, 5) is 0.751. The number of hydrogen-bond donors (Lipinski definition) is 1. The van der Waals surface area contributed by atoms with Gasteiger partial charge in [-0.3, -0.25) is 0 Å². The summed E-state index contributed by atoms with van der Waals surface area (Å²) in [7, 11) is -2.49. The molecular weight excluding hydrogens is 258 g/mol. The first-order valence-corrected chi connectivity index (χ1v) is 8.39. The molecule has 108 valence electrons. The van der Waals surface area contributed by atoms with Gasteiger partial charge in [0.2, 0.25) is 0 Å². The minimum atomic E-state index is -2.49. The highest BCUT2D eigenvalue weighted by Gasteiger charge is 2.19. The molecule has 1 aromatic rings. The van der Waals surface area contributed by atoms with Gasteiger partial charge in [-0.25, -0.2) is 12.9 Å². The topological polar surface area (TPSA) is 58.7 Å². The third kappa shape index (κ3) is 3.94. The smallest absolute Gasteiger partial charge is 0.139 e. The fraction of sp³-hybridized carbons (Fsp3) is 0.571. The van der Waals surface area contributed by atoms with Crippen LogP contribution in [0.15, 0.2) is 33.5 Å². The van der Waals surface area contributed by atoms with Gasteiger partial charge in [0.1, 0.15) is 9.92 Å². The quantitative estimate of drug-likeness (QED) is 0.617. The minimum absolute atomic E-state index is 0.635. The summed E-state index contributed by atoms with van der Waals surface area (Å²) < 4.78 is 19.7. The molecule has 0 aliphatic heterocycles. The van der Waals surface area contributed by atoms with Crippen LogP contribution in [-0.4, -0.2) is 28.1 Å². The van der Waals surface area contributed by atoms with Gasteiger partial charge in [-0.15, -0.1) is 0 Å². The highest BCUT2D eigenvalue weighted by atomic mass is 32.2. The van der Waals surface area contributed by atoms with Gasteiger partial charge in [0.05, 0.1) is 4.90 Å². The standard InChI is InChI=1S/C14H25N3OS/c1-4-7-12-16-19(18,17(5-2)6-3)14-10-8-13(15)9-11-14/h8-11H,4-7,12,15H2,1-3H3. The van der Waals surface area contributed by atoms with E-state index in [9.17, 15) is 4.21 Å². The Labute approximate surface area is 117 Å². The SMILES string of the molecule is CCCCN=S(=O)(c1ccc(N)cc1)N(CC)CC. The maximum atomic E-state index is 13.3. The van der Waals surface area contributed by atoms with Crippen LogP contribution in [-0.2, 0) is 9.92 Å². The van der Waals surface area contributed by atoms with Crippen molar-refractivity contribution in [1.29, 1.82) is 0 Å². The summed E-state index contributed by atoms with van der Waals surface area (Å²) >= 11 is 0. The Morgan fingerprint density at radius 2 is 1.74 bits per heavy atom. The Kier molecular flexibility index (Phi) is 6.31. The van der Waals surface area contributed by atoms with Crippen LogP contribution in [0.5, 0.6) is 0 Å². The average molecular weight is 283 g/mol. The molecule has 0 amide bonds. The second kappa shape index (κ2) is 7.50. The van der Waals surface area contributed by atoms with Crippen LogP contribution < -0.4 is 5.73 Å². The van der Waals surface area contributed by atoms with Crippen molar-refractivity contribution in [3.63, 3.8) is 0 Å². The Bertz CT molecular complexity index is 486. The largest absolute Gasteiger partial charge is 0.399 e. The van der Waals surface area contributed by atoms with E-state index < -0.39 is 9.92 Å². The normalized spacial score (nSPS) is 14.3. The van der Waals surface area contributed by atoms with Crippen LogP contribution in [0.25, 0.3) is 0 Å². The zero-order chi connectivity index (χ0) is 14.3. The molecule has 0 saturated heterocycles. The molecule has 0 radical (unpaired) electrons. The highest BCUT2D eigenvalue weighted by Crippen LogP contribution is 2.20. The van der Waals surface area contributed by atoms with Crippen molar-refractivity contribution < 1.29 is 4.21 Å². The van der Waals surface area contributed by atoms with Gasteiger partial charge in [0.25, 0.3) is 0 Å². The molecule has 4 nitrogen and oxygen atoms in total. The second-order valence-electron chi connectivity index (χ2n) is 4.39. The number of benzene rings is 1. The zero-order valence-electron chi connectivity index (χ0n) is 12.1. The van der Waals surface area contributed by atoms with Crippen LogP contribution in [0.1, 0.15) is 33.6 Å². The lowest BCUT2D eigenvalue weighted by Crippen LogP contribution is -2.30. The molecule has 0 aliphatic carbocycles. The summed E-state index contributed by atoms with van der Waals surface area (Å²) in [6.07, 6.45) is 2.02. The van der Waals surface area contributed by atoms with Crippen LogP contribution in [0.2, 0.25) is 0 Å². The predicted octanol–water partition coefficient (Wildman–Crippen LogP) is 3.15. The second-order valence-corrected chi connectivity index (χ2v) is 6.63. The first kappa shape index (κ1) is 16.0. The Balaban J connectivity index is 3.22. The van der Waals surface area contributed by atoms with Gasteiger partial charge in [0, 0.05) is 25.3 Å². The fourth-order valence-corrected chi connectivity index (χ4v) is 4.05. The van der Waals surface area contributed by atoms with Crippen molar-refractivity contribution >= 4 is 15.6 Å². The third-order valence-corrected chi connectivity index (χ3v) is 5.66. The number of nitrogens with zero attached hydrogens (tertiary/aromatic N) is 2. The molecule has 2 N–H and O–H groups in total. The van der Waals surface area contributed by atoms with Crippen molar-refractivity contribution in [3.8, 4) is 0 Å². The number of nitrogens with two attached hydrogens (primary N) is 1. The van der Waals surface area contributed by atoms with E-state index in [0.29, 0.717) is 12.2 Å². The lowest BCUT2D eigenvalue weighted by Gasteiger charge is -2.23. The lowest BCUT2D eigenvalue weighted by atomic mass is 10.3. The van der Waals surface area contributed by atoms with E-state index in [0.717, 1.165) is 30.8 Å². The third-order valence-electron chi connectivity index (χ3n) is 3.02. The van der Waals surface area contributed by atoms with Gasteiger partial charge >= 0.3 is 0 Å².